The van der Waals surface area contributed by atoms with Gasteiger partial charge in [-0.3, -0.25) is 4.79 Å². The molecular formula is C24H30ClN3O2. The highest BCUT2D eigenvalue weighted by Crippen LogP contribution is 2.30. The molecule has 1 N–H and O–H groups in total. The van der Waals surface area contributed by atoms with E-state index in [1.54, 1.807) is 24.4 Å². The van der Waals surface area contributed by atoms with Gasteiger partial charge in [0, 0.05) is 32.4 Å². The summed E-state index contributed by atoms with van der Waals surface area (Å²) in [5, 5.41) is 9.97. The molecule has 0 aliphatic carbocycles. The van der Waals surface area contributed by atoms with E-state index in [1.165, 1.54) is 12.0 Å². The third-order valence-corrected chi connectivity index (χ3v) is 6.68. The molecule has 3 heterocycles. The lowest BCUT2D eigenvalue weighted by Gasteiger charge is -2.33. The van der Waals surface area contributed by atoms with Crippen molar-refractivity contribution in [1.29, 1.82) is 0 Å². The van der Waals surface area contributed by atoms with Crippen molar-refractivity contribution in [3.8, 4) is 5.75 Å². The smallest absolute Gasteiger partial charge is 0.255 e. The van der Waals surface area contributed by atoms with Gasteiger partial charge in [-0.2, -0.15) is 0 Å². The fraction of sp³-hybridized carbons (Fsp3) is 0.500. The first-order valence-corrected chi connectivity index (χ1v) is 11.5. The molecule has 1 amide bonds. The number of aromatic hydroxyl groups is 1. The molecule has 30 heavy (non-hydrogen) atoms. The number of hydrogen-bond acceptors (Lipinski definition) is 4. The van der Waals surface area contributed by atoms with E-state index in [-0.39, 0.29) is 5.91 Å². The number of pyridine rings is 1. The van der Waals surface area contributed by atoms with Gasteiger partial charge in [-0.05, 0) is 74.6 Å². The number of amides is 1. The maximum absolute atomic E-state index is 12.7. The van der Waals surface area contributed by atoms with Crippen molar-refractivity contribution < 1.29 is 9.90 Å². The number of aryl methyl sites for hydroxylation is 1. The quantitative estimate of drug-likeness (QED) is 0.736. The minimum atomic E-state index is 0.0450. The molecule has 2 saturated heterocycles. The van der Waals surface area contributed by atoms with Gasteiger partial charge in [-0.1, -0.05) is 23.7 Å². The second kappa shape index (κ2) is 9.69. The largest absolute Gasteiger partial charge is 0.508 e. The van der Waals surface area contributed by atoms with Gasteiger partial charge < -0.3 is 14.9 Å². The van der Waals surface area contributed by atoms with Gasteiger partial charge in [-0.15, -0.1) is 0 Å². The maximum atomic E-state index is 12.7. The summed E-state index contributed by atoms with van der Waals surface area (Å²) in [6.07, 6.45) is 9.47. The fourth-order valence-corrected chi connectivity index (χ4v) is 4.81. The Labute approximate surface area is 183 Å². The average Bonchev–Trinajstić information content (AvgIpc) is 2.79. The van der Waals surface area contributed by atoms with Crippen LogP contribution in [0, 0.1) is 5.92 Å². The number of piperidine rings is 2. The Morgan fingerprint density at radius 2 is 1.77 bits per heavy atom. The van der Waals surface area contributed by atoms with Crippen LogP contribution in [0.5, 0.6) is 5.75 Å². The van der Waals surface area contributed by atoms with Crippen LogP contribution in [0.3, 0.4) is 0 Å². The Morgan fingerprint density at radius 3 is 2.43 bits per heavy atom. The molecule has 0 atom stereocenters. The third kappa shape index (κ3) is 5.07. The Bertz CT molecular complexity index is 857. The first-order valence-electron chi connectivity index (χ1n) is 11.1. The molecule has 160 valence electrons. The first-order chi connectivity index (χ1) is 14.6. The number of phenols is 1. The van der Waals surface area contributed by atoms with E-state index in [0.29, 0.717) is 22.3 Å². The Balaban J connectivity index is 1.30. The number of nitrogens with zero attached hydrogens (tertiary/aromatic N) is 3. The van der Waals surface area contributed by atoms with Gasteiger partial charge in [0.05, 0.1) is 10.6 Å². The summed E-state index contributed by atoms with van der Waals surface area (Å²) in [4.78, 5) is 21.4. The monoisotopic (exact) mass is 427 g/mol. The summed E-state index contributed by atoms with van der Waals surface area (Å²) < 4.78 is 0. The van der Waals surface area contributed by atoms with Crippen molar-refractivity contribution in [1.82, 2.24) is 9.88 Å². The van der Waals surface area contributed by atoms with Gasteiger partial charge in [0.15, 0.2) is 0 Å². The van der Waals surface area contributed by atoms with Gasteiger partial charge in [-0.25, -0.2) is 4.98 Å². The minimum Gasteiger partial charge on any atom is -0.508 e. The lowest BCUT2D eigenvalue weighted by molar-refractivity contribution is 0.0724. The summed E-state index contributed by atoms with van der Waals surface area (Å²) in [5.74, 6) is 1.85. The van der Waals surface area contributed by atoms with E-state index in [0.717, 1.165) is 70.5 Å². The first kappa shape index (κ1) is 21.0. The van der Waals surface area contributed by atoms with Crippen molar-refractivity contribution in [2.45, 2.75) is 44.9 Å². The molecule has 2 fully saturated rings. The highest BCUT2D eigenvalue weighted by Gasteiger charge is 2.24. The Hall–Kier alpha value is -2.27. The van der Waals surface area contributed by atoms with Crippen LogP contribution in [0.25, 0.3) is 0 Å². The van der Waals surface area contributed by atoms with Gasteiger partial charge in [0.25, 0.3) is 5.91 Å². The molecule has 4 rings (SSSR count). The van der Waals surface area contributed by atoms with Crippen LogP contribution >= 0.6 is 11.6 Å². The summed E-state index contributed by atoms with van der Waals surface area (Å²) in [6, 6.07) is 9.30. The molecule has 1 aromatic carbocycles. The van der Waals surface area contributed by atoms with E-state index >= 15 is 0 Å². The number of benzene rings is 1. The number of likely N-dealkylation sites (tertiary alicyclic amines) is 1. The van der Waals surface area contributed by atoms with Crippen molar-refractivity contribution >= 4 is 23.3 Å². The Kier molecular flexibility index (Phi) is 6.78. The number of halogens is 1. The predicted molar refractivity (Wildman–Crippen MR) is 120 cm³/mol. The van der Waals surface area contributed by atoms with Gasteiger partial charge in [0.1, 0.15) is 11.6 Å². The van der Waals surface area contributed by atoms with Crippen LogP contribution in [0.1, 0.15) is 54.4 Å². The number of phenolic OH excluding ortho intramolecular Hbond substituents is 1. The zero-order valence-electron chi connectivity index (χ0n) is 17.4. The van der Waals surface area contributed by atoms with E-state index in [1.807, 2.05) is 17.0 Å². The Morgan fingerprint density at radius 1 is 1.07 bits per heavy atom. The fourth-order valence-electron chi connectivity index (χ4n) is 4.53. The van der Waals surface area contributed by atoms with E-state index < -0.39 is 0 Å². The van der Waals surface area contributed by atoms with Crippen LogP contribution in [-0.4, -0.2) is 47.1 Å². The normalized spacial score (nSPS) is 17.9. The molecule has 0 radical (unpaired) electrons. The van der Waals surface area contributed by atoms with Crippen molar-refractivity contribution in [3.05, 3.63) is 52.7 Å². The molecule has 0 bridgehead atoms. The second-order valence-corrected chi connectivity index (χ2v) is 8.93. The van der Waals surface area contributed by atoms with Gasteiger partial charge in [0.2, 0.25) is 0 Å². The summed E-state index contributed by atoms with van der Waals surface area (Å²) in [5.41, 5.74) is 1.86. The van der Waals surface area contributed by atoms with E-state index in [2.05, 4.69) is 9.88 Å². The zero-order valence-corrected chi connectivity index (χ0v) is 18.2. The number of rotatable bonds is 5. The zero-order chi connectivity index (χ0) is 20.9. The minimum absolute atomic E-state index is 0.0450. The SMILES string of the molecule is O=C(c1cnc(N2CCC(CCc3ccc(O)cc3)CC2)c(Cl)c1)N1CCCCC1. The summed E-state index contributed by atoms with van der Waals surface area (Å²) in [6.45, 7) is 3.53. The lowest BCUT2D eigenvalue weighted by atomic mass is 9.90. The van der Waals surface area contributed by atoms with Crippen LogP contribution in [0.15, 0.2) is 36.5 Å². The van der Waals surface area contributed by atoms with E-state index in [4.69, 9.17) is 11.6 Å². The van der Waals surface area contributed by atoms with Crippen molar-refractivity contribution in [2.24, 2.45) is 5.92 Å². The second-order valence-electron chi connectivity index (χ2n) is 8.52. The molecular weight excluding hydrogens is 398 g/mol. The molecule has 2 aromatic rings. The third-order valence-electron chi connectivity index (χ3n) is 6.40. The van der Waals surface area contributed by atoms with Crippen molar-refractivity contribution in [2.75, 3.05) is 31.1 Å². The highest BCUT2D eigenvalue weighted by atomic mass is 35.5. The van der Waals surface area contributed by atoms with Crippen LogP contribution < -0.4 is 4.90 Å². The lowest BCUT2D eigenvalue weighted by Crippen LogP contribution is -2.36. The maximum Gasteiger partial charge on any atom is 0.255 e. The summed E-state index contributed by atoms with van der Waals surface area (Å²) >= 11 is 6.54. The molecule has 0 saturated carbocycles. The molecule has 5 nitrogen and oxygen atoms in total. The number of aromatic nitrogens is 1. The molecule has 2 aliphatic rings. The standard InChI is InChI=1S/C24H30ClN3O2/c25-22-16-20(24(30)28-12-2-1-3-13-28)17-26-23(22)27-14-10-19(11-15-27)5-4-18-6-8-21(29)9-7-18/h6-9,16-17,19,29H,1-5,10-15H2. The number of carbonyl (C=O) groups excluding carboxylic acids is 1. The summed E-state index contributed by atoms with van der Waals surface area (Å²) in [7, 11) is 0. The number of anilines is 1. The van der Waals surface area contributed by atoms with E-state index in [9.17, 15) is 9.90 Å². The van der Waals surface area contributed by atoms with Crippen LogP contribution in [-0.2, 0) is 6.42 Å². The number of carbonyl (C=O) groups is 1. The molecule has 0 spiro atoms. The van der Waals surface area contributed by atoms with Crippen LogP contribution in [0.2, 0.25) is 5.02 Å². The van der Waals surface area contributed by atoms with Gasteiger partial charge >= 0.3 is 0 Å². The topological polar surface area (TPSA) is 56.7 Å². The molecule has 2 aliphatic heterocycles. The van der Waals surface area contributed by atoms with Crippen molar-refractivity contribution in [3.63, 3.8) is 0 Å². The highest BCUT2D eigenvalue weighted by molar-refractivity contribution is 6.33. The predicted octanol–water partition coefficient (Wildman–Crippen LogP) is 4.92. The molecule has 1 aromatic heterocycles. The average molecular weight is 428 g/mol. The molecule has 6 heteroatoms. The number of hydrogen-bond donors (Lipinski definition) is 1. The van der Waals surface area contributed by atoms with Crippen LogP contribution in [0.4, 0.5) is 5.82 Å². The molecule has 0 unspecified atom stereocenters.